The van der Waals surface area contributed by atoms with Crippen LogP contribution in [0.25, 0.3) is 0 Å². The molecular weight excluding hydrogens is 300 g/mol. The molecule has 116 valence electrons. The Bertz CT molecular complexity index is 605. The van der Waals surface area contributed by atoms with E-state index in [1.165, 1.54) is 0 Å². The van der Waals surface area contributed by atoms with Gasteiger partial charge in [-0.3, -0.25) is 10.2 Å². The van der Waals surface area contributed by atoms with Crippen molar-refractivity contribution in [3.05, 3.63) is 48.6 Å². The van der Waals surface area contributed by atoms with Crippen molar-refractivity contribution in [1.29, 1.82) is 0 Å². The Morgan fingerprint density at radius 3 is 2.68 bits per heavy atom. The van der Waals surface area contributed by atoms with Crippen LogP contribution in [0, 0.1) is 0 Å². The topological polar surface area (TPSA) is 73.5 Å². The van der Waals surface area contributed by atoms with E-state index >= 15 is 0 Å². The second-order valence-electron chi connectivity index (χ2n) is 4.81. The fourth-order valence-corrected chi connectivity index (χ4v) is 2.52. The zero-order valence-corrected chi connectivity index (χ0v) is 13.1. The van der Waals surface area contributed by atoms with E-state index < -0.39 is 11.6 Å². The van der Waals surface area contributed by atoms with Crippen LogP contribution >= 0.6 is 12.2 Å². The van der Waals surface area contributed by atoms with E-state index in [9.17, 15) is 9.59 Å². The summed E-state index contributed by atoms with van der Waals surface area (Å²) in [6, 6.07) is 8.63. The third-order valence-corrected chi connectivity index (χ3v) is 3.74. The largest absolute Gasteiger partial charge is 0.358 e. The lowest BCUT2D eigenvalue weighted by molar-refractivity contribution is -0.133. The number of carbonyl (C=O) groups excluding carboxylic acids is 2. The summed E-state index contributed by atoms with van der Waals surface area (Å²) in [6.45, 7) is 5.85. The molecule has 3 amide bonds. The number of hydrazine groups is 1. The lowest BCUT2D eigenvalue weighted by atomic mass is 9.87. The molecule has 1 aromatic rings. The fourth-order valence-electron chi connectivity index (χ4n) is 2.34. The number of nitrogens with zero attached hydrogens (tertiary/aromatic N) is 1. The van der Waals surface area contributed by atoms with Gasteiger partial charge in [-0.2, -0.15) is 5.01 Å². The van der Waals surface area contributed by atoms with Gasteiger partial charge >= 0.3 is 6.03 Å². The molecule has 2 rings (SSSR count). The number of carbonyl (C=O) groups is 2. The number of hydrogen-bond donors (Lipinski definition) is 3. The summed E-state index contributed by atoms with van der Waals surface area (Å²) in [4.78, 5) is 24.9. The number of hydrogen-bond acceptors (Lipinski definition) is 3. The highest BCUT2D eigenvalue weighted by atomic mass is 32.1. The zero-order valence-electron chi connectivity index (χ0n) is 12.3. The van der Waals surface area contributed by atoms with E-state index in [2.05, 4.69) is 22.6 Å². The van der Waals surface area contributed by atoms with Crippen molar-refractivity contribution >= 4 is 29.3 Å². The summed E-state index contributed by atoms with van der Waals surface area (Å²) in [5.74, 6) is -0.381. The predicted molar refractivity (Wildman–Crippen MR) is 87.7 cm³/mol. The number of urea groups is 1. The van der Waals surface area contributed by atoms with Gasteiger partial charge in [0.05, 0.1) is 0 Å². The van der Waals surface area contributed by atoms with E-state index in [-0.39, 0.29) is 11.0 Å². The maximum Gasteiger partial charge on any atom is 0.344 e. The second-order valence-corrected chi connectivity index (χ2v) is 5.21. The lowest BCUT2D eigenvalue weighted by Gasteiger charge is -2.25. The molecule has 3 N–H and O–H groups in total. The molecule has 1 saturated heterocycles. The van der Waals surface area contributed by atoms with Gasteiger partial charge < -0.3 is 10.6 Å². The normalized spacial score (nSPS) is 20.5. The Labute approximate surface area is 134 Å². The molecule has 0 radical (unpaired) electrons. The summed E-state index contributed by atoms with van der Waals surface area (Å²) in [5, 5.41) is 6.67. The molecule has 0 unspecified atom stereocenters. The molecule has 1 fully saturated rings. The van der Waals surface area contributed by atoms with Crippen molar-refractivity contribution in [2.45, 2.75) is 18.9 Å². The van der Waals surface area contributed by atoms with Gasteiger partial charge in [-0.1, -0.05) is 43.3 Å². The average molecular weight is 318 g/mol. The van der Waals surface area contributed by atoms with Gasteiger partial charge in [0, 0.05) is 6.54 Å². The van der Waals surface area contributed by atoms with Crippen LogP contribution in [0.3, 0.4) is 0 Å². The molecule has 1 heterocycles. The standard InChI is InChI=1S/C15H18N4O2S/c1-3-10-16-13(22)18-19-12(20)15(4-2,17-14(19)21)11-8-6-5-7-9-11/h3,5-9H,1,4,10H2,2H3,(H,17,21)(H2,16,18,22)/t15-/m0/s1. The molecule has 0 bridgehead atoms. The van der Waals surface area contributed by atoms with Crippen molar-refractivity contribution in [2.24, 2.45) is 0 Å². The highest BCUT2D eigenvalue weighted by Gasteiger charge is 2.51. The van der Waals surface area contributed by atoms with Gasteiger partial charge in [0.1, 0.15) is 5.54 Å². The minimum atomic E-state index is -1.07. The molecule has 1 aromatic carbocycles. The van der Waals surface area contributed by atoms with Gasteiger partial charge in [0.15, 0.2) is 5.11 Å². The van der Waals surface area contributed by atoms with Crippen molar-refractivity contribution in [3.8, 4) is 0 Å². The maximum absolute atomic E-state index is 12.8. The van der Waals surface area contributed by atoms with E-state index in [1.807, 2.05) is 37.3 Å². The average Bonchev–Trinajstić information content (AvgIpc) is 2.79. The van der Waals surface area contributed by atoms with Gasteiger partial charge in [0.2, 0.25) is 0 Å². The molecule has 6 nitrogen and oxygen atoms in total. The SMILES string of the molecule is C=CCNC(=S)NN1C(=O)N[C@@](CC)(c2ccccc2)C1=O. The Kier molecular flexibility index (Phi) is 4.77. The maximum atomic E-state index is 12.8. The molecule has 1 aliphatic heterocycles. The fraction of sp³-hybridized carbons (Fsp3) is 0.267. The molecule has 7 heteroatoms. The first-order valence-corrected chi connectivity index (χ1v) is 7.33. The Balaban J connectivity index is 2.23. The Hall–Kier alpha value is -2.41. The molecule has 1 atom stereocenters. The molecule has 0 saturated carbocycles. The summed E-state index contributed by atoms with van der Waals surface area (Å²) in [6.07, 6.45) is 2.06. The van der Waals surface area contributed by atoms with Crippen LogP contribution < -0.4 is 16.1 Å². The van der Waals surface area contributed by atoms with Crippen LogP contribution in [-0.2, 0) is 10.3 Å². The van der Waals surface area contributed by atoms with E-state index in [1.54, 1.807) is 6.08 Å². The van der Waals surface area contributed by atoms with Crippen molar-refractivity contribution < 1.29 is 9.59 Å². The lowest BCUT2D eigenvalue weighted by Crippen LogP contribution is -2.51. The van der Waals surface area contributed by atoms with Crippen molar-refractivity contribution in [2.75, 3.05) is 6.54 Å². The Morgan fingerprint density at radius 1 is 1.41 bits per heavy atom. The first kappa shape index (κ1) is 16.0. The number of rotatable bonds is 5. The first-order chi connectivity index (χ1) is 10.5. The zero-order chi connectivity index (χ0) is 16.2. The second kappa shape index (κ2) is 6.57. The summed E-state index contributed by atoms with van der Waals surface area (Å²) in [5.41, 5.74) is 2.29. The summed E-state index contributed by atoms with van der Waals surface area (Å²) >= 11 is 5.05. The smallest absolute Gasteiger partial charge is 0.344 e. The Morgan fingerprint density at radius 2 is 2.09 bits per heavy atom. The molecule has 0 spiro atoms. The van der Waals surface area contributed by atoms with E-state index in [0.29, 0.717) is 13.0 Å². The number of thiocarbonyl (C=S) groups is 1. The van der Waals surface area contributed by atoms with Gasteiger partial charge in [-0.25, -0.2) is 4.79 Å². The highest BCUT2D eigenvalue weighted by Crippen LogP contribution is 2.31. The van der Waals surface area contributed by atoms with Crippen molar-refractivity contribution in [3.63, 3.8) is 0 Å². The number of amides is 3. The highest BCUT2D eigenvalue weighted by molar-refractivity contribution is 7.80. The number of benzene rings is 1. The number of imide groups is 1. The predicted octanol–water partition coefficient (Wildman–Crippen LogP) is 1.41. The van der Waals surface area contributed by atoms with Crippen LogP contribution in [0.4, 0.5) is 4.79 Å². The van der Waals surface area contributed by atoms with Crippen LogP contribution in [0.2, 0.25) is 0 Å². The summed E-state index contributed by atoms with van der Waals surface area (Å²) in [7, 11) is 0. The van der Waals surface area contributed by atoms with Gasteiger partial charge in [0.25, 0.3) is 5.91 Å². The van der Waals surface area contributed by atoms with Gasteiger partial charge in [-0.15, -0.1) is 6.58 Å². The number of nitrogens with one attached hydrogen (secondary N) is 3. The minimum Gasteiger partial charge on any atom is -0.358 e. The molecule has 1 aliphatic rings. The van der Waals surface area contributed by atoms with E-state index in [0.717, 1.165) is 10.6 Å². The minimum absolute atomic E-state index is 0.184. The first-order valence-electron chi connectivity index (χ1n) is 6.92. The third-order valence-electron chi connectivity index (χ3n) is 3.51. The van der Waals surface area contributed by atoms with Crippen LogP contribution in [-0.4, -0.2) is 28.6 Å². The third kappa shape index (κ3) is 2.80. The molecule has 0 aliphatic carbocycles. The van der Waals surface area contributed by atoms with Gasteiger partial charge in [-0.05, 0) is 24.2 Å². The van der Waals surface area contributed by atoms with E-state index in [4.69, 9.17) is 12.2 Å². The van der Waals surface area contributed by atoms with Crippen LogP contribution in [0.5, 0.6) is 0 Å². The quantitative estimate of drug-likeness (QED) is 0.435. The monoisotopic (exact) mass is 318 g/mol. The molecular formula is C15H18N4O2S. The molecule has 0 aromatic heterocycles. The molecule has 22 heavy (non-hydrogen) atoms. The van der Waals surface area contributed by atoms with Crippen LogP contribution in [0.15, 0.2) is 43.0 Å². The van der Waals surface area contributed by atoms with Crippen LogP contribution in [0.1, 0.15) is 18.9 Å². The van der Waals surface area contributed by atoms with Crippen molar-refractivity contribution in [1.82, 2.24) is 21.1 Å². The summed E-state index contributed by atoms with van der Waals surface area (Å²) < 4.78 is 0.